The van der Waals surface area contributed by atoms with Crippen LogP contribution in [0.1, 0.15) is 42.1 Å². The molecule has 1 aliphatic rings. The summed E-state index contributed by atoms with van der Waals surface area (Å²) < 4.78 is 0. The molecule has 1 fully saturated rings. The number of rotatable bonds is 4. The van der Waals surface area contributed by atoms with Crippen LogP contribution in [0.15, 0.2) is 18.2 Å². The molecule has 0 saturated heterocycles. The van der Waals surface area contributed by atoms with E-state index in [4.69, 9.17) is 0 Å². The van der Waals surface area contributed by atoms with Gasteiger partial charge in [0.1, 0.15) is 5.75 Å². The molecule has 92 valence electrons. The first-order valence-electron chi connectivity index (χ1n) is 6.16. The van der Waals surface area contributed by atoms with Gasteiger partial charge in [0.05, 0.1) is 5.56 Å². The van der Waals surface area contributed by atoms with Gasteiger partial charge >= 0.3 is 0 Å². The van der Waals surface area contributed by atoms with E-state index in [2.05, 4.69) is 5.32 Å². The van der Waals surface area contributed by atoms with Crippen LogP contribution in [-0.2, 0) is 0 Å². The van der Waals surface area contributed by atoms with Gasteiger partial charge in [-0.25, -0.2) is 0 Å². The molecule has 1 unspecified atom stereocenters. The Morgan fingerprint density at radius 1 is 1.53 bits per heavy atom. The van der Waals surface area contributed by atoms with Gasteiger partial charge in [-0.1, -0.05) is 24.5 Å². The molecule has 0 aliphatic heterocycles. The molecule has 1 saturated carbocycles. The molecule has 0 aromatic heterocycles. The first-order chi connectivity index (χ1) is 8.06. The summed E-state index contributed by atoms with van der Waals surface area (Å²) in [6, 6.07) is 5.25. The average molecular weight is 233 g/mol. The molecule has 1 aromatic rings. The van der Waals surface area contributed by atoms with E-state index < -0.39 is 0 Å². The Kier molecular flexibility index (Phi) is 3.36. The van der Waals surface area contributed by atoms with Crippen LogP contribution in [0.4, 0.5) is 0 Å². The Labute approximate surface area is 102 Å². The van der Waals surface area contributed by atoms with E-state index in [1.54, 1.807) is 18.2 Å². The van der Waals surface area contributed by atoms with Crippen LogP contribution in [0.3, 0.4) is 0 Å². The van der Waals surface area contributed by atoms with E-state index >= 15 is 0 Å². The summed E-state index contributed by atoms with van der Waals surface area (Å²) >= 11 is 0. The Morgan fingerprint density at radius 3 is 2.88 bits per heavy atom. The number of aryl methyl sites for hydroxylation is 1. The number of phenolic OH excluding ortho intramolecular Hbond substituents is 1. The van der Waals surface area contributed by atoms with Gasteiger partial charge in [0.25, 0.3) is 5.91 Å². The smallest absolute Gasteiger partial charge is 0.255 e. The summed E-state index contributed by atoms with van der Waals surface area (Å²) in [5.74, 6) is 0.655. The monoisotopic (exact) mass is 233 g/mol. The fraction of sp³-hybridized carbons (Fsp3) is 0.500. The third-order valence-electron chi connectivity index (χ3n) is 3.16. The first kappa shape index (κ1) is 12.0. The van der Waals surface area contributed by atoms with E-state index in [9.17, 15) is 9.90 Å². The number of benzene rings is 1. The van der Waals surface area contributed by atoms with Crippen molar-refractivity contribution < 1.29 is 9.90 Å². The van der Waals surface area contributed by atoms with Crippen LogP contribution in [0, 0.1) is 12.8 Å². The molecule has 0 radical (unpaired) electrons. The first-order valence-corrected chi connectivity index (χ1v) is 6.16. The number of amides is 1. The van der Waals surface area contributed by atoms with Crippen molar-refractivity contribution in [3.8, 4) is 5.75 Å². The van der Waals surface area contributed by atoms with Gasteiger partial charge in [0, 0.05) is 6.04 Å². The third kappa shape index (κ3) is 3.22. The molecular weight excluding hydrogens is 214 g/mol. The summed E-state index contributed by atoms with van der Waals surface area (Å²) in [4.78, 5) is 12.0. The normalized spacial score (nSPS) is 16.6. The van der Waals surface area contributed by atoms with E-state index in [0.29, 0.717) is 5.56 Å². The molecule has 2 rings (SSSR count). The third-order valence-corrected chi connectivity index (χ3v) is 3.16. The lowest BCUT2D eigenvalue weighted by atomic mass is 10.1. The van der Waals surface area contributed by atoms with Crippen LogP contribution in [-0.4, -0.2) is 17.1 Å². The SMILES string of the molecule is Cc1ccc(O)c(C(=O)NC(C)CC2CC2)c1. The maximum Gasteiger partial charge on any atom is 0.255 e. The minimum Gasteiger partial charge on any atom is -0.507 e. The second kappa shape index (κ2) is 4.78. The lowest BCUT2D eigenvalue weighted by Gasteiger charge is -2.14. The standard InChI is InChI=1S/C14H19NO2/c1-9-3-6-13(16)12(7-9)14(17)15-10(2)8-11-4-5-11/h3,6-7,10-11,16H,4-5,8H2,1-2H3,(H,15,17). The van der Waals surface area contributed by atoms with Gasteiger partial charge in [0.15, 0.2) is 0 Å². The van der Waals surface area contributed by atoms with Crippen molar-refractivity contribution in [2.75, 3.05) is 0 Å². The average Bonchev–Trinajstić information content (AvgIpc) is 3.05. The van der Waals surface area contributed by atoms with Gasteiger partial charge in [-0.3, -0.25) is 4.79 Å². The van der Waals surface area contributed by atoms with Crippen molar-refractivity contribution in [1.82, 2.24) is 5.32 Å². The van der Waals surface area contributed by atoms with Crippen LogP contribution in [0.25, 0.3) is 0 Å². The number of hydrogen-bond acceptors (Lipinski definition) is 2. The zero-order valence-corrected chi connectivity index (χ0v) is 10.4. The van der Waals surface area contributed by atoms with Crippen molar-refractivity contribution in [3.63, 3.8) is 0 Å². The van der Waals surface area contributed by atoms with Crippen molar-refractivity contribution in [1.29, 1.82) is 0 Å². The Bertz CT molecular complexity index is 424. The van der Waals surface area contributed by atoms with Crippen LogP contribution in [0.5, 0.6) is 5.75 Å². The maximum absolute atomic E-state index is 12.0. The lowest BCUT2D eigenvalue weighted by Crippen LogP contribution is -2.32. The van der Waals surface area contributed by atoms with E-state index in [1.165, 1.54) is 12.8 Å². The quantitative estimate of drug-likeness (QED) is 0.839. The Hall–Kier alpha value is -1.51. The van der Waals surface area contributed by atoms with Gasteiger partial charge < -0.3 is 10.4 Å². The number of nitrogens with one attached hydrogen (secondary N) is 1. The molecule has 1 aromatic carbocycles. The summed E-state index contributed by atoms with van der Waals surface area (Å²) in [5.41, 5.74) is 1.34. The molecule has 3 heteroatoms. The fourth-order valence-corrected chi connectivity index (χ4v) is 2.05. The van der Waals surface area contributed by atoms with E-state index in [0.717, 1.165) is 17.9 Å². The molecule has 1 atom stereocenters. The number of carbonyl (C=O) groups excluding carboxylic acids is 1. The molecule has 1 amide bonds. The molecule has 2 N–H and O–H groups in total. The predicted octanol–water partition coefficient (Wildman–Crippen LogP) is 2.62. The highest BCUT2D eigenvalue weighted by atomic mass is 16.3. The topological polar surface area (TPSA) is 49.3 Å². The molecule has 0 heterocycles. The number of phenols is 1. The minimum absolute atomic E-state index is 0.0479. The summed E-state index contributed by atoms with van der Waals surface area (Å²) in [6.45, 7) is 3.92. The maximum atomic E-state index is 12.0. The van der Waals surface area contributed by atoms with Crippen LogP contribution in [0.2, 0.25) is 0 Å². The van der Waals surface area contributed by atoms with E-state index in [-0.39, 0.29) is 17.7 Å². The number of aromatic hydroxyl groups is 1. The zero-order chi connectivity index (χ0) is 12.4. The fourth-order valence-electron chi connectivity index (χ4n) is 2.05. The van der Waals surface area contributed by atoms with Crippen molar-refractivity contribution >= 4 is 5.91 Å². The van der Waals surface area contributed by atoms with Gasteiger partial charge in [-0.15, -0.1) is 0 Å². The van der Waals surface area contributed by atoms with Crippen molar-refractivity contribution in [3.05, 3.63) is 29.3 Å². The van der Waals surface area contributed by atoms with Crippen molar-refractivity contribution in [2.45, 2.75) is 39.2 Å². The van der Waals surface area contributed by atoms with Crippen molar-refractivity contribution in [2.24, 2.45) is 5.92 Å². The molecule has 17 heavy (non-hydrogen) atoms. The largest absolute Gasteiger partial charge is 0.507 e. The second-order valence-corrected chi connectivity index (χ2v) is 5.07. The van der Waals surface area contributed by atoms with Gasteiger partial charge in [0.2, 0.25) is 0 Å². The van der Waals surface area contributed by atoms with Crippen LogP contribution >= 0.6 is 0 Å². The van der Waals surface area contributed by atoms with Gasteiger partial charge in [-0.2, -0.15) is 0 Å². The molecule has 1 aliphatic carbocycles. The van der Waals surface area contributed by atoms with E-state index in [1.807, 2.05) is 13.8 Å². The van der Waals surface area contributed by atoms with Crippen LogP contribution < -0.4 is 5.32 Å². The number of carbonyl (C=O) groups is 1. The Balaban J connectivity index is 2.00. The molecule has 3 nitrogen and oxygen atoms in total. The highest BCUT2D eigenvalue weighted by Crippen LogP contribution is 2.33. The second-order valence-electron chi connectivity index (χ2n) is 5.07. The summed E-state index contributed by atoms with van der Waals surface area (Å²) in [5, 5.41) is 12.6. The molecule has 0 bridgehead atoms. The van der Waals surface area contributed by atoms with Gasteiger partial charge in [-0.05, 0) is 38.3 Å². The summed E-state index contributed by atoms with van der Waals surface area (Å²) in [6.07, 6.45) is 3.62. The predicted molar refractivity (Wildman–Crippen MR) is 67.1 cm³/mol. The molecular formula is C14H19NO2. The molecule has 0 spiro atoms. The highest BCUT2D eigenvalue weighted by Gasteiger charge is 2.24. The summed E-state index contributed by atoms with van der Waals surface area (Å²) in [7, 11) is 0. The highest BCUT2D eigenvalue weighted by molar-refractivity contribution is 5.97. The lowest BCUT2D eigenvalue weighted by molar-refractivity contribution is 0.0934. The minimum atomic E-state index is -0.181. The Morgan fingerprint density at radius 2 is 2.24 bits per heavy atom. The zero-order valence-electron chi connectivity index (χ0n) is 10.4. The number of hydrogen-bond donors (Lipinski definition) is 2.